The van der Waals surface area contributed by atoms with E-state index in [9.17, 15) is 9.59 Å². The third kappa shape index (κ3) is 3.92. The highest BCUT2D eigenvalue weighted by Crippen LogP contribution is 2.42. The first-order valence-corrected chi connectivity index (χ1v) is 11.1. The lowest BCUT2D eigenvalue weighted by molar-refractivity contribution is 0.102. The Hall–Kier alpha value is -4.72. The van der Waals surface area contributed by atoms with Gasteiger partial charge < -0.3 is 28.4 Å². The predicted octanol–water partition coefficient (Wildman–Crippen LogP) is 5.79. The minimum Gasteiger partial charge on any atom is -0.493 e. The summed E-state index contributed by atoms with van der Waals surface area (Å²) in [5.74, 6) is 0.996. The van der Waals surface area contributed by atoms with Crippen molar-refractivity contribution in [3.63, 3.8) is 0 Å². The molecule has 1 N–H and O–H groups in total. The lowest BCUT2D eigenvalue weighted by Crippen LogP contribution is -2.13. The quantitative estimate of drug-likeness (QED) is 0.304. The van der Waals surface area contributed by atoms with Gasteiger partial charge in [0.25, 0.3) is 5.91 Å². The van der Waals surface area contributed by atoms with E-state index in [-0.39, 0.29) is 5.56 Å². The molecule has 3 aromatic carbocycles. The fourth-order valence-corrected chi connectivity index (χ4v) is 4.21. The molecule has 1 amide bonds. The highest BCUT2D eigenvalue weighted by molar-refractivity contribution is 6.13. The Morgan fingerprint density at radius 1 is 0.806 bits per heavy atom. The molecule has 182 valence electrons. The SMILES string of the molecule is COc1cc(C(=O)Nc2c(-c3cc(=O)oc4cc(C)ccc34)oc3ccccc23)cc(OC)c1OC. The Morgan fingerprint density at radius 3 is 2.22 bits per heavy atom. The number of anilines is 1. The normalized spacial score (nSPS) is 11.0. The first kappa shape index (κ1) is 23.0. The van der Waals surface area contributed by atoms with Gasteiger partial charge in [0.1, 0.15) is 11.2 Å². The van der Waals surface area contributed by atoms with E-state index in [0.29, 0.717) is 56.2 Å². The van der Waals surface area contributed by atoms with E-state index in [2.05, 4.69) is 5.32 Å². The van der Waals surface area contributed by atoms with E-state index in [1.54, 1.807) is 24.3 Å². The van der Waals surface area contributed by atoms with Gasteiger partial charge in [-0.25, -0.2) is 4.79 Å². The zero-order valence-corrected chi connectivity index (χ0v) is 20.1. The number of rotatable bonds is 6. The lowest BCUT2D eigenvalue weighted by Gasteiger charge is -2.14. The number of aryl methyl sites for hydroxylation is 1. The maximum absolute atomic E-state index is 13.5. The second-order valence-corrected chi connectivity index (χ2v) is 8.15. The lowest BCUT2D eigenvalue weighted by atomic mass is 10.0. The Labute approximate surface area is 206 Å². The Balaban J connectivity index is 1.68. The average Bonchev–Trinajstić information content (AvgIpc) is 3.24. The van der Waals surface area contributed by atoms with Crippen molar-refractivity contribution in [2.75, 3.05) is 26.6 Å². The molecule has 5 aromatic rings. The molecule has 2 heterocycles. The zero-order chi connectivity index (χ0) is 25.4. The van der Waals surface area contributed by atoms with Gasteiger partial charge in [0, 0.05) is 28.0 Å². The number of hydrogen-bond donors (Lipinski definition) is 1. The van der Waals surface area contributed by atoms with Crippen LogP contribution in [0.25, 0.3) is 33.3 Å². The largest absolute Gasteiger partial charge is 0.493 e. The molecule has 36 heavy (non-hydrogen) atoms. The van der Waals surface area contributed by atoms with Crippen molar-refractivity contribution in [3.05, 3.63) is 82.2 Å². The summed E-state index contributed by atoms with van der Waals surface area (Å²) in [6.07, 6.45) is 0. The summed E-state index contributed by atoms with van der Waals surface area (Å²) in [5.41, 5.74) is 2.64. The van der Waals surface area contributed by atoms with Gasteiger partial charge in [-0.1, -0.05) is 24.3 Å². The number of fused-ring (bicyclic) bond motifs is 2. The summed E-state index contributed by atoms with van der Waals surface area (Å²) >= 11 is 0. The minimum absolute atomic E-state index is 0.286. The Morgan fingerprint density at radius 2 is 1.53 bits per heavy atom. The molecule has 0 aliphatic heterocycles. The molecule has 0 fully saturated rings. The van der Waals surface area contributed by atoms with Gasteiger partial charge in [0.15, 0.2) is 17.3 Å². The zero-order valence-electron chi connectivity index (χ0n) is 20.1. The fraction of sp³-hybridized carbons (Fsp3) is 0.143. The van der Waals surface area contributed by atoms with Crippen LogP contribution in [-0.2, 0) is 0 Å². The molecule has 0 saturated heterocycles. The average molecular weight is 485 g/mol. The third-order valence-corrected chi connectivity index (χ3v) is 5.91. The number of carbonyl (C=O) groups excluding carboxylic acids is 1. The van der Waals surface area contributed by atoms with Crippen molar-refractivity contribution in [1.29, 1.82) is 0 Å². The van der Waals surface area contributed by atoms with Gasteiger partial charge in [-0.2, -0.15) is 0 Å². The van der Waals surface area contributed by atoms with Gasteiger partial charge in [0.2, 0.25) is 5.75 Å². The monoisotopic (exact) mass is 485 g/mol. The topological polar surface area (TPSA) is 100 Å². The van der Waals surface area contributed by atoms with Crippen LogP contribution in [0.1, 0.15) is 15.9 Å². The molecule has 0 spiro atoms. The van der Waals surface area contributed by atoms with Crippen LogP contribution in [0.2, 0.25) is 0 Å². The molecular weight excluding hydrogens is 462 g/mol. The second kappa shape index (κ2) is 9.14. The number of furan rings is 1. The summed E-state index contributed by atoms with van der Waals surface area (Å²) in [6.45, 7) is 1.91. The van der Waals surface area contributed by atoms with Crippen LogP contribution in [-0.4, -0.2) is 27.2 Å². The smallest absolute Gasteiger partial charge is 0.336 e. The molecule has 5 rings (SSSR count). The first-order valence-electron chi connectivity index (χ1n) is 11.1. The number of hydrogen-bond acceptors (Lipinski definition) is 7. The van der Waals surface area contributed by atoms with E-state index in [1.807, 2.05) is 37.3 Å². The highest BCUT2D eigenvalue weighted by atomic mass is 16.5. The Kier molecular flexibility index (Phi) is 5.85. The van der Waals surface area contributed by atoms with Gasteiger partial charge in [-0.05, 0) is 42.8 Å². The summed E-state index contributed by atoms with van der Waals surface area (Å²) in [7, 11) is 4.45. The molecule has 0 aliphatic carbocycles. The highest BCUT2D eigenvalue weighted by Gasteiger charge is 2.23. The number of methoxy groups -OCH3 is 3. The number of benzene rings is 3. The predicted molar refractivity (Wildman–Crippen MR) is 136 cm³/mol. The van der Waals surface area contributed by atoms with E-state index in [1.165, 1.54) is 27.4 Å². The van der Waals surface area contributed by atoms with Crippen molar-refractivity contribution in [2.45, 2.75) is 6.92 Å². The third-order valence-electron chi connectivity index (χ3n) is 5.91. The molecule has 0 atom stereocenters. The molecule has 0 unspecified atom stereocenters. The van der Waals surface area contributed by atoms with Crippen molar-refractivity contribution >= 4 is 33.5 Å². The summed E-state index contributed by atoms with van der Waals surface area (Å²) in [4.78, 5) is 25.9. The van der Waals surface area contributed by atoms with E-state index < -0.39 is 11.5 Å². The molecule has 0 saturated carbocycles. The molecule has 0 radical (unpaired) electrons. The number of para-hydroxylation sites is 1. The van der Waals surface area contributed by atoms with Gasteiger partial charge in [-0.15, -0.1) is 0 Å². The second-order valence-electron chi connectivity index (χ2n) is 8.15. The van der Waals surface area contributed by atoms with Crippen LogP contribution in [0.15, 0.2) is 74.3 Å². The maximum Gasteiger partial charge on any atom is 0.336 e. The van der Waals surface area contributed by atoms with Crippen molar-refractivity contribution in [2.24, 2.45) is 0 Å². The van der Waals surface area contributed by atoms with Gasteiger partial charge in [0.05, 0.1) is 27.0 Å². The van der Waals surface area contributed by atoms with Crippen LogP contribution >= 0.6 is 0 Å². The number of carbonyl (C=O) groups is 1. The standard InChI is InChI=1S/C28H23NO7/c1-15-9-10-17-19(14-24(30)35-21(17)11-15)26-25(18-7-5-6-8-20(18)36-26)29-28(31)16-12-22(32-2)27(34-4)23(13-16)33-3/h5-14H,1-4H3,(H,29,31). The maximum atomic E-state index is 13.5. The van der Waals surface area contributed by atoms with Crippen molar-refractivity contribution < 1.29 is 27.8 Å². The summed E-state index contributed by atoms with van der Waals surface area (Å²) < 4.78 is 27.7. The minimum atomic E-state index is -0.523. The van der Waals surface area contributed by atoms with Crippen LogP contribution in [0.5, 0.6) is 17.2 Å². The molecule has 0 aliphatic rings. The molecule has 0 bridgehead atoms. The molecule has 8 nitrogen and oxygen atoms in total. The molecule has 2 aromatic heterocycles. The number of nitrogens with one attached hydrogen (secondary N) is 1. The van der Waals surface area contributed by atoms with Crippen LogP contribution < -0.4 is 25.2 Å². The van der Waals surface area contributed by atoms with Crippen LogP contribution in [0, 0.1) is 6.92 Å². The Bertz CT molecular complexity index is 1650. The van der Waals surface area contributed by atoms with Crippen LogP contribution in [0.3, 0.4) is 0 Å². The number of amides is 1. The summed E-state index contributed by atoms with van der Waals surface area (Å²) in [5, 5.41) is 4.33. The fourth-order valence-electron chi connectivity index (χ4n) is 4.21. The van der Waals surface area contributed by atoms with Gasteiger partial charge in [-0.3, -0.25) is 4.79 Å². The van der Waals surface area contributed by atoms with Gasteiger partial charge >= 0.3 is 5.63 Å². The van der Waals surface area contributed by atoms with E-state index in [0.717, 1.165) is 5.56 Å². The molecular formula is C28H23NO7. The van der Waals surface area contributed by atoms with E-state index >= 15 is 0 Å². The first-order chi connectivity index (χ1) is 17.4. The number of ether oxygens (including phenoxy) is 3. The summed E-state index contributed by atoms with van der Waals surface area (Å²) in [6, 6.07) is 17.4. The van der Waals surface area contributed by atoms with E-state index in [4.69, 9.17) is 23.0 Å². The van der Waals surface area contributed by atoms with Crippen molar-refractivity contribution in [1.82, 2.24) is 0 Å². The van der Waals surface area contributed by atoms with Crippen molar-refractivity contribution in [3.8, 4) is 28.6 Å². The molecule has 8 heteroatoms. The van der Waals surface area contributed by atoms with Crippen LogP contribution in [0.4, 0.5) is 5.69 Å².